The lowest BCUT2D eigenvalue weighted by Crippen LogP contribution is -2.38. The van der Waals surface area contributed by atoms with Gasteiger partial charge in [-0.25, -0.2) is 9.78 Å². The molecule has 0 bridgehead atoms. The van der Waals surface area contributed by atoms with Crippen molar-refractivity contribution in [3.8, 4) is 0 Å². The molecular weight excluding hydrogens is 316 g/mol. The molecule has 2 heterocycles. The monoisotopic (exact) mass is 336 g/mol. The van der Waals surface area contributed by atoms with Crippen LogP contribution in [0.25, 0.3) is 0 Å². The van der Waals surface area contributed by atoms with Gasteiger partial charge in [0, 0.05) is 13.2 Å². The number of nitrogens with one attached hydrogen (secondary N) is 2. The van der Waals surface area contributed by atoms with E-state index in [1.807, 2.05) is 49.4 Å². The minimum Gasteiger partial charge on any atom is -0.331 e. The van der Waals surface area contributed by atoms with E-state index < -0.39 is 0 Å². The van der Waals surface area contributed by atoms with E-state index in [-0.39, 0.29) is 18.6 Å². The molecule has 0 radical (unpaired) electrons. The zero-order chi connectivity index (χ0) is 17.6. The molecule has 7 heteroatoms. The van der Waals surface area contributed by atoms with E-state index in [2.05, 4.69) is 25.7 Å². The molecule has 2 N–H and O–H groups in total. The van der Waals surface area contributed by atoms with E-state index in [0.717, 1.165) is 16.8 Å². The molecule has 128 valence electrons. The van der Waals surface area contributed by atoms with E-state index in [4.69, 9.17) is 0 Å². The molecule has 3 rings (SSSR count). The Morgan fingerprint density at radius 3 is 2.76 bits per heavy atom. The summed E-state index contributed by atoms with van der Waals surface area (Å²) in [7, 11) is 1.78. The average Bonchev–Trinajstić information content (AvgIpc) is 3.04. The van der Waals surface area contributed by atoms with E-state index >= 15 is 0 Å². The number of carbonyl (C=O) groups is 1. The van der Waals surface area contributed by atoms with Gasteiger partial charge in [0.15, 0.2) is 5.82 Å². The summed E-state index contributed by atoms with van der Waals surface area (Å²) in [5.41, 5.74) is 2.88. The van der Waals surface area contributed by atoms with Gasteiger partial charge in [0.1, 0.15) is 6.33 Å². The predicted molar refractivity (Wildman–Crippen MR) is 93.6 cm³/mol. The van der Waals surface area contributed by atoms with Crippen molar-refractivity contribution in [3.63, 3.8) is 0 Å². The number of hydrogen-bond acceptors (Lipinski definition) is 4. The van der Waals surface area contributed by atoms with Crippen molar-refractivity contribution >= 4 is 6.03 Å². The second kappa shape index (κ2) is 7.57. The summed E-state index contributed by atoms with van der Waals surface area (Å²) in [5.74, 6) is 0.558. The zero-order valence-corrected chi connectivity index (χ0v) is 14.2. The number of rotatable bonds is 5. The van der Waals surface area contributed by atoms with Crippen LogP contribution >= 0.6 is 0 Å². The van der Waals surface area contributed by atoms with Crippen molar-refractivity contribution in [2.45, 2.75) is 19.5 Å². The van der Waals surface area contributed by atoms with Gasteiger partial charge >= 0.3 is 6.03 Å². The molecule has 0 fully saturated rings. The highest BCUT2D eigenvalue weighted by Gasteiger charge is 2.18. The maximum atomic E-state index is 12.4. The van der Waals surface area contributed by atoms with Crippen molar-refractivity contribution < 1.29 is 4.79 Å². The summed E-state index contributed by atoms with van der Waals surface area (Å²) in [6, 6.07) is 13.0. The lowest BCUT2D eigenvalue weighted by atomic mass is 10.0. The van der Waals surface area contributed by atoms with Crippen LogP contribution in [0.3, 0.4) is 0 Å². The molecule has 2 aromatic heterocycles. The molecule has 0 saturated carbocycles. The van der Waals surface area contributed by atoms with Gasteiger partial charge in [-0.05, 0) is 24.6 Å². The second-order valence-corrected chi connectivity index (χ2v) is 5.76. The minimum atomic E-state index is -0.335. The van der Waals surface area contributed by atoms with E-state index in [0.29, 0.717) is 5.82 Å². The van der Waals surface area contributed by atoms with Crippen LogP contribution in [0.5, 0.6) is 0 Å². The average molecular weight is 336 g/mol. The predicted octanol–water partition coefficient (Wildman–Crippen LogP) is 2.11. The normalized spacial score (nSPS) is 11.8. The highest BCUT2D eigenvalue weighted by atomic mass is 16.2. The third-order valence-electron chi connectivity index (χ3n) is 3.69. The molecule has 25 heavy (non-hydrogen) atoms. The number of benzene rings is 1. The molecule has 3 aromatic rings. The Hall–Kier alpha value is -3.22. The first kappa shape index (κ1) is 16.6. The Bertz CT molecular complexity index is 846. The number of aromatic nitrogens is 4. The van der Waals surface area contributed by atoms with Gasteiger partial charge in [-0.2, -0.15) is 5.10 Å². The Labute approximate surface area is 146 Å². The van der Waals surface area contributed by atoms with Crippen molar-refractivity contribution in [1.82, 2.24) is 30.4 Å². The van der Waals surface area contributed by atoms with Gasteiger partial charge < -0.3 is 10.6 Å². The third kappa shape index (κ3) is 4.41. The summed E-state index contributed by atoms with van der Waals surface area (Å²) in [4.78, 5) is 20.8. The van der Waals surface area contributed by atoms with Crippen LogP contribution in [-0.2, 0) is 13.6 Å². The fourth-order valence-corrected chi connectivity index (χ4v) is 2.53. The van der Waals surface area contributed by atoms with Gasteiger partial charge in [0.05, 0.1) is 18.3 Å². The summed E-state index contributed by atoms with van der Waals surface area (Å²) >= 11 is 0. The van der Waals surface area contributed by atoms with Crippen LogP contribution in [0, 0.1) is 6.92 Å². The summed E-state index contributed by atoms with van der Waals surface area (Å²) in [6.45, 7) is 2.28. The molecule has 1 aromatic carbocycles. The van der Waals surface area contributed by atoms with Crippen molar-refractivity contribution in [1.29, 1.82) is 0 Å². The van der Waals surface area contributed by atoms with Gasteiger partial charge in [-0.3, -0.25) is 9.67 Å². The Kier molecular flexibility index (Phi) is 5.03. The molecule has 1 atom stereocenters. The SMILES string of the molecule is Cc1cccc([C@@H](NC(=O)NCc2ncn(C)n2)c2ccccn2)c1. The first-order valence-corrected chi connectivity index (χ1v) is 7.98. The van der Waals surface area contributed by atoms with Crippen molar-refractivity contribution in [3.05, 3.63) is 77.6 Å². The van der Waals surface area contributed by atoms with E-state index in [9.17, 15) is 4.79 Å². The molecule has 7 nitrogen and oxygen atoms in total. The third-order valence-corrected chi connectivity index (χ3v) is 3.69. The number of pyridine rings is 1. The number of urea groups is 1. The maximum Gasteiger partial charge on any atom is 0.315 e. The number of amides is 2. The van der Waals surface area contributed by atoms with Gasteiger partial charge in [0.2, 0.25) is 0 Å². The molecule has 0 aliphatic rings. The lowest BCUT2D eigenvalue weighted by molar-refractivity contribution is 0.238. The fourth-order valence-electron chi connectivity index (χ4n) is 2.53. The number of carbonyl (C=O) groups excluding carboxylic acids is 1. The maximum absolute atomic E-state index is 12.4. The molecule has 0 aliphatic heterocycles. The first-order valence-electron chi connectivity index (χ1n) is 7.98. The number of aryl methyl sites for hydroxylation is 2. The Morgan fingerprint density at radius 2 is 2.08 bits per heavy atom. The quantitative estimate of drug-likeness (QED) is 0.747. The standard InChI is InChI=1S/C18H20N6O/c1-13-6-5-7-14(10-13)17(15-8-3-4-9-19-15)22-18(25)20-11-16-21-12-24(2)23-16/h3-10,12,17H,11H2,1-2H3,(H2,20,22,25)/t17-/m1/s1. The lowest BCUT2D eigenvalue weighted by Gasteiger charge is -2.19. The molecule has 0 aliphatic carbocycles. The molecule has 0 spiro atoms. The number of nitrogens with zero attached hydrogens (tertiary/aromatic N) is 4. The van der Waals surface area contributed by atoms with E-state index in [1.165, 1.54) is 0 Å². The Balaban J connectivity index is 1.74. The van der Waals surface area contributed by atoms with Crippen LogP contribution < -0.4 is 10.6 Å². The van der Waals surface area contributed by atoms with Gasteiger partial charge in [-0.1, -0.05) is 35.9 Å². The molecule has 2 amide bonds. The second-order valence-electron chi connectivity index (χ2n) is 5.76. The van der Waals surface area contributed by atoms with Crippen LogP contribution in [0.4, 0.5) is 4.79 Å². The fraction of sp³-hybridized carbons (Fsp3) is 0.222. The van der Waals surface area contributed by atoms with Crippen LogP contribution in [0.1, 0.15) is 28.7 Å². The van der Waals surface area contributed by atoms with Crippen molar-refractivity contribution in [2.24, 2.45) is 7.05 Å². The molecule has 0 saturated heterocycles. The first-order chi connectivity index (χ1) is 12.1. The highest BCUT2D eigenvalue weighted by Crippen LogP contribution is 2.21. The molecule has 0 unspecified atom stereocenters. The van der Waals surface area contributed by atoms with E-state index in [1.54, 1.807) is 24.3 Å². The summed E-state index contributed by atoms with van der Waals surface area (Å²) in [6.07, 6.45) is 3.31. The largest absolute Gasteiger partial charge is 0.331 e. The van der Waals surface area contributed by atoms with Crippen LogP contribution in [0.15, 0.2) is 55.0 Å². The van der Waals surface area contributed by atoms with Crippen molar-refractivity contribution in [2.75, 3.05) is 0 Å². The summed E-state index contributed by atoms with van der Waals surface area (Å²) in [5, 5.41) is 9.90. The Morgan fingerprint density at radius 1 is 1.20 bits per heavy atom. The van der Waals surface area contributed by atoms with Crippen LogP contribution in [0.2, 0.25) is 0 Å². The zero-order valence-electron chi connectivity index (χ0n) is 14.2. The summed E-state index contributed by atoms with van der Waals surface area (Å²) < 4.78 is 1.60. The number of hydrogen-bond donors (Lipinski definition) is 2. The van der Waals surface area contributed by atoms with Gasteiger partial charge in [-0.15, -0.1) is 0 Å². The minimum absolute atomic E-state index is 0.259. The smallest absolute Gasteiger partial charge is 0.315 e. The molecular formula is C18H20N6O. The van der Waals surface area contributed by atoms with Crippen LogP contribution in [-0.4, -0.2) is 25.8 Å². The topological polar surface area (TPSA) is 84.7 Å². The van der Waals surface area contributed by atoms with Gasteiger partial charge in [0.25, 0.3) is 0 Å². The highest BCUT2D eigenvalue weighted by molar-refractivity contribution is 5.74.